The first-order chi connectivity index (χ1) is 14.0. The molecular weight excluding hydrogens is 409 g/mol. The van der Waals surface area contributed by atoms with Crippen LogP contribution in [0.15, 0.2) is 53.0 Å². The van der Waals surface area contributed by atoms with Gasteiger partial charge in [0.15, 0.2) is 5.78 Å². The summed E-state index contributed by atoms with van der Waals surface area (Å²) in [6.45, 7) is 4.73. The lowest BCUT2D eigenvalue weighted by Crippen LogP contribution is -2.08. The van der Waals surface area contributed by atoms with Crippen LogP contribution in [0.3, 0.4) is 0 Å². The Morgan fingerprint density at radius 3 is 2.83 bits per heavy atom. The Balaban J connectivity index is 1.50. The highest BCUT2D eigenvalue weighted by molar-refractivity contribution is 7.99. The van der Waals surface area contributed by atoms with Gasteiger partial charge in [0.05, 0.1) is 18.0 Å². The van der Waals surface area contributed by atoms with Gasteiger partial charge in [-0.3, -0.25) is 4.79 Å². The number of ketones is 1. The molecule has 29 heavy (non-hydrogen) atoms. The summed E-state index contributed by atoms with van der Waals surface area (Å²) in [5.41, 5.74) is 3.22. The van der Waals surface area contributed by atoms with Crippen LogP contribution in [-0.2, 0) is 6.54 Å². The van der Waals surface area contributed by atoms with Gasteiger partial charge in [-0.1, -0.05) is 23.9 Å². The lowest BCUT2D eigenvalue weighted by Gasteiger charge is -2.08. The Labute approximate surface area is 175 Å². The van der Waals surface area contributed by atoms with Gasteiger partial charge in [-0.2, -0.15) is 4.68 Å². The third kappa shape index (κ3) is 4.15. The van der Waals surface area contributed by atoms with Crippen molar-refractivity contribution < 1.29 is 9.18 Å². The largest absolute Gasteiger partial charge is 0.343 e. The second-order valence-electron chi connectivity index (χ2n) is 6.52. The van der Waals surface area contributed by atoms with E-state index in [-0.39, 0.29) is 17.4 Å². The Bertz CT molecular complexity index is 1150. The van der Waals surface area contributed by atoms with Gasteiger partial charge in [0.25, 0.3) is 0 Å². The number of thiophene rings is 1. The molecule has 0 aliphatic carbocycles. The molecule has 0 atom stereocenters. The van der Waals surface area contributed by atoms with Gasteiger partial charge in [-0.05, 0) is 60.0 Å². The normalized spacial score (nSPS) is 11.1. The predicted octanol–water partition coefficient (Wildman–Crippen LogP) is 4.30. The smallest absolute Gasteiger partial charge is 0.214 e. The lowest BCUT2D eigenvalue weighted by molar-refractivity contribution is 0.102. The standard InChI is InChI=1S/C20H18FN5OS2/c1-13-9-18(14(2)25(13)11-17-7-4-8-28-17)19(27)12-29-20-22-23-24-26(20)16-6-3-5-15(21)10-16/h3-10H,11-12H2,1-2H3. The predicted molar refractivity (Wildman–Crippen MR) is 111 cm³/mol. The number of Topliss-reactive ketones (excluding diaryl/α,β-unsaturated/α-hetero) is 1. The molecule has 6 nitrogen and oxygen atoms in total. The first-order valence-corrected chi connectivity index (χ1v) is 10.8. The first-order valence-electron chi connectivity index (χ1n) is 8.92. The van der Waals surface area contributed by atoms with Crippen LogP contribution < -0.4 is 0 Å². The fourth-order valence-electron chi connectivity index (χ4n) is 3.13. The summed E-state index contributed by atoms with van der Waals surface area (Å²) >= 11 is 2.93. The van der Waals surface area contributed by atoms with Crippen molar-refractivity contribution in [2.75, 3.05) is 5.75 Å². The third-order valence-electron chi connectivity index (χ3n) is 4.59. The van der Waals surface area contributed by atoms with Crippen molar-refractivity contribution in [3.8, 4) is 5.69 Å². The second kappa shape index (κ2) is 8.30. The van der Waals surface area contributed by atoms with Crippen molar-refractivity contribution in [1.82, 2.24) is 24.8 Å². The zero-order chi connectivity index (χ0) is 20.4. The molecule has 0 unspecified atom stereocenters. The highest BCUT2D eigenvalue weighted by Crippen LogP contribution is 2.23. The van der Waals surface area contributed by atoms with Crippen LogP contribution >= 0.6 is 23.1 Å². The summed E-state index contributed by atoms with van der Waals surface area (Å²) in [6, 6.07) is 12.1. The monoisotopic (exact) mass is 427 g/mol. The van der Waals surface area contributed by atoms with Crippen LogP contribution in [0.1, 0.15) is 26.6 Å². The molecule has 4 rings (SSSR count). The van der Waals surface area contributed by atoms with E-state index in [9.17, 15) is 9.18 Å². The zero-order valence-electron chi connectivity index (χ0n) is 15.9. The van der Waals surface area contributed by atoms with E-state index in [1.165, 1.54) is 33.5 Å². The van der Waals surface area contributed by atoms with Crippen molar-refractivity contribution in [1.29, 1.82) is 0 Å². The zero-order valence-corrected chi connectivity index (χ0v) is 17.5. The Morgan fingerprint density at radius 1 is 1.21 bits per heavy atom. The van der Waals surface area contributed by atoms with E-state index in [2.05, 4.69) is 31.5 Å². The number of carbonyl (C=O) groups is 1. The van der Waals surface area contributed by atoms with E-state index in [4.69, 9.17) is 0 Å². The van der Waals surface area contributed by atoms with Crippen molar-refractivity contribution in [2.45, 2.75) is 25.5 Å². The van der Waals surface area contributed by atoms with Crippen LogP contribution in [0.4, 0.5) is 4.39 Å². The molecule has 0 saturated heterocycles. The van der Waals surface area contributed by atoms with E-state index < -0.39 is 0 Å². The number of tetrazole rings is 1. The van der Waals surface area contributed by atoms with Crippen LogP contribution in [-0.4, -0.2) is 36.3 Å². The van der Waals surface area contributed by atoms with Gasteiger partial charge in [0.1, 0.15) is 5.82 Å². The van der Waals surface area contributed by atoms with Crippen LogP contribution in [0.2, 0.25) is 0 Å². The van der Waals surface area contributed by atoms with Gasteiger partial charge in [-0.25, -0.2) is 4.39 Å². The fourth-order valence-corrected chi connectivity index (χ4v) is 4.60. The minimum atomic E-state index is -0.372. The minimum absolute atomic E-state index is 0.00863. The van der Waals surface area contributed by atoms with Crippen molar-refractivity contribution >= 4 is 28.9 Å². The molecule has 3 aromatic heterocycles. The number of aryl methyl sites for hydroxylation is 1. The Morgan fingerprint density at radius 2 is 2.07 bits per heavy atom. The number of halogens is 1. The molecule has 4 aromatic rings. The summed E-state index contributed by atoms with van der Waals surface area (Å²) in [4.78, 5) is 14.1. The molecule has 0 N–H and O–H groups in total. The quantitative estimate of drug-likeness (QED) is 0.325. The van der Waals surface area contributed by atoms with Gasteiger partial charge in [0, 0.05) is 21.8 Å². The number of aromatic nitrogens is 5. The number of hydrogen-bond donors (Lipinski definition) is 0. The Hall–Kier alpha value is -2.78. The van der Waals surface area contributed by atoms with E-state index in [0.717, 1.165) is 17.9 Å². The maximum atomic E-state index is 13.5. The molecular formula is C20H18FN5OS2. The Kier molecular flexibility index (Phi) is 5.59. The van der Waals surface area contributed by atoms with E-state index in [1.54, 1.807) is 23.5 Å². The molecule has 0 saturated carbocycles. The number of benzene rings is 1. The molecule has 0 aliphatic rings. The molecule has 0 aliphatic heterocycles. The maximum Gasteiger partial charge on any atom is 0.214 e. The second-order valence-corrected chi connectivity index (χ2v) is 8.49. The number of thioether (sulfide) groups is 1. The van der Waals surface area contributed by atoms with Gasteiger partial charge < -0.3 is 4.57 Å². The van der Waals surface area contributed by atoms with Crippen molar-refractivity contribution in [3.05, 3.63) is 75.5 Å². The molecule has 0 spiro atoms. The van der Waals surface area contributed by atoms with Crippen LogP contribution in [0.25, 0.3) is 5.69 Å². The maximum absolute atomic E-state index is 13.5. The van der Waals surface area contributed by atoms with Crippen LogP contribution in [0.5, 0.6) is 0 Å². The average molecular weight is 428 g/mol. The van der Waals surface area contributed by atoms with Gasteiger partial charge >= 0.3 is 0 Å². The van der Waals surface area contributed by atoms with Crippen molar-refractivity contribution in [2.24, 2.45) is 0 Å². The van der Waals surface area contributed by atoms with Gasteiger partial charge in [0.2, 0.25) is 5.16 Å². The van der Waals surface area contributed by atoms with Crippen molar-refractivity contribution in [3.63, 3.8) is 0 Å². The topological polar surface area (TPSA) is 65.6 Å². The summed E-state index contributed by atoms with van der Waals surface area (Å²) in [5, 5.41) is 14.0. The van der Waals surface area contributed by atoms with E-state index in [1.807, 2.05) is 26.0 Å². The fraction of sp³-hybridized carbons (Fsp3) is 0.200. The van der Waals surface area contributed by atoms with Crippen LogP contribution in [0, 0.1) is 19.7 Å². The summed E-state index contributed by atoms with van der Waals surface area (Å²) in [5.74, 6) is -0.170. The molecule has 9 heteroatoms. The first kappa shape index (κ1) is 19.5. The molecule has 148 valence electrons. The summed E-state index contributed by atoms with van der Waals surface area (Å²) in [7, 11) is 0. The summed E-state index contributed by atoms with van der Waals surface area (Å²) < 4.78 is 17.1. The number of nitrogens with zero attached hydrogens (tertiary/aromatic N) is 5. The van der Waals surface area contributed by atoms with E-state index in [0.29, 0.717) is 16.4 Å². The molecule has 0 fully saturated rings. The lowest BCUT2D eigenvalue weighted by atomic mass is 10.2. The number of carbonyl (C=O) groups excluding carboxylic acids is 1. The number of rotatable bonds is 7. The van der Waals surface area contributed by atoms with E-state index >= 15 is 0 Å². The highest BCUT2D eigenvalue weighted by Gasteiger charge is 2.18. The molecule has 0 bridgehead atoms. The average Bonchev–Trinajstić information content (AvgIpc) is 3.44. The minimum Gasteiger partial charge on any atom is -0.343 e. The SMILES string of the molecule is Cc1cc(C(=O)CSc2nnnn2-c2cccc(F)c2)c(C)n1Cc1cccs1. The third-order valence-corrected chi connectivity index (χ3v) is 6.37. The molecule has 1 aromatic carbocycles. The molecule has 0 radical (unpaired) electrons. The molecule has 3 heterocycles. The summed E-state index contributed by atoms with van der Waals surface area (Å²) in [6.07, 6.45) is 0. The number of hydrogen-bond acceptors (Lipinski definition) is 6. The van der Waals surface area contributed by atoms with Gasteiger partial charge in [-0.15, -0.1) is 16.4 Å². The highest BCUT2D eigenvalue weighted by atomic mass is 32.2. The molecule has 0 amide bonds.